The standard InChI is InChI=1S/C16H18N2OS/c1-18-8-4-6-13(18)10-17-11-14(19)16-9-12-5-2-3-7-15(12)20-16/h2-9,14,17,19H,10-11H2,1H3. The van der Waals surface area contributed by atoms with Gasteiger partial charge in [-0.3, -0.25) is 0 Å². The minimum atomic E-state index is -0.451. The molecule has 3 aromatic rings. The fourth-order valence-corrected chi connectivity index (χ4v) is 3.33. The molecule has 0 saturated carbocycles. The molecule has 0 amide bonds. The molecule has 0 fully saturated rings. The maximum absolute atomic E-state index is 10.3. The summed E-state index contributed by atoms with van der Waals surface area (Å²) < 4.78 is 3.31. The van der Waals surface area contributed by atoms with Gasteiger partial charge in [-0.25, -0.2) is 0 Å². The molecule has 20 heavy (non-hydrogen) atoms. The van der Waals surface area contributed by atoms with Crippen LogP contribution in [0.1, 0.15) is 16.7 Å². The Labute approximate surface area is 122 Å². The van der Waals surface area contributed by atoms with Gasteiger partial charge in [0.1, 0.15) is 6.10 Å². The van der Waals surface area contributed by atoms with Gasteiger partial charge in [0.05, 0.1) is 0 Å². The predicted octanol–water partition coefficient (Wildman–Crippen LogP) is 3.06. The number of nitrogens with zero attached hydrogens (tertiary/aromatic N) is 1. The Bertz CT molecular complexity index is 668. The second-order valence-corrected chi connectivity index (χ2v) is 6.06. The molecule has 1 unspecified atom stereocenters. The second-order valence-electron chi connectivity index (χ2n) is 4.94. The van der Waals surface area contributed by atoms with Crippen molar-refractivity contribution in [3.05, 3.63) is 59.2 Å². The van der Waals surface area contributed by atoms with E-state index in [4.69, 9.17) is 0 Å². The third-order valence-corrected chi connectivity index (χ3v) is 4.69. The van der Waals surface area contributed by atoms with Gasteiger partial charge in [-0.05, 0) is 29.7 Å². The van der Waals surface area contributed by atoms with Crippen LogP contribution in [-0.4, -0.2) is 16.2 Å². The van der Waals surface area contributed by atoms with Crippen molar-refractivity contribution in [1.82, 2.24) is 9.88 Å². The molecule has 0 bridgehead atoms. The van der Waals surface area contributed by atoms with Crippen molar-refractivity contribution in [3.63, 3.8) is 0 Å². The lowest BCUT2D eigenvalue weighted by Gasteiger charge is -2.10. The Kier molecular flexibility index (Phi) is 3.87. The lowest BCUT2D eigenvalue weighted by Crippen LogP contribution is -2.21. The fourth-order valence-electron chi connectivity index (χ4n) is 2.28. The summed E-state index contributed by atoms with van der Waals surface area (Å²) in [7, 11) is 2.03. The van der Waals surface area contributed by atoms with Crippen LogP contribution in [0.15, 0.2) is 48.7 Å². The van der Waals surface area contributed by atoms with Gasteiger partial charge in [0.15, 0.2) is 0 Å². The summed E-state index contributed by atoms with van der Waals surface area (Å²) in [6.45, 7) is 1.34. The summed E-state index contributed by atoms with van der Waals surface area (Å²) in [6.07, 6.45) is 1.58. The highest BCUT2D eigenvalue weighted by Gasteiger charge is 2.11. The molecular weight excluding hydrogens is 268 g/mol. The highest BCUT2D eigenvalue weighted by atomic mass is 32.1. The first-order valence-electron chi connectivity index (χ1n) is 6.71. The monoisotopic (exact) mass is 286 g/mol. The summed E-state index contributed by atoms with van der Waals surface area (Å²) in [5.41, 5.74) is 1.22. The molecule has 4 heteroatoms. The molecular formula is C16H18N2OS. The van der Waals surface area contributed by atoms with Crippen molar-refractivity contribution in [2.75, 3.05) is 6.54 Å². The molecule has 2 N–H and O–H groups in total. The topological polar surface area (TPSA) is 37.2 Å². The average molecular weight is 286 g/mol. The van der Waals surface area contributed by atoms with E-state index in [1.807, 2.05) is 31.4 Å². The molecule has 1 aromatic carbocycles. The number of hydrogen-bond donors (Lipinski definition) is 2. The van der Waals surface area contributed by atoms with E-state index >= 15 is 0 Å². The summed E-state index contributed by atoms with van der Waals surface area (Å²) in [6, 6.07) is 14.4. The highest BCUT2D eigenvalue weighted by molar-refractivity contribution is 7.19. The zero-order valence-electron chi connectivity index (χ0n) is 11.4. The Morgan fingerprint density at radius 2 is 2.10 bits per heavy atom. The maximum Gasteiger partial charge on any atom is 0.101 e. The van der Waals surface area contributed by atoms with Crippen LogP contribution in [-0.2, 0) is 13.6 Å². The van der Waals surface area contributed by atoms with Gasteiger partial charge in [-0.15, -0.1) is 11.3 Å². The van der Waals surface area contributed by atoms with E-state index in [1.165, 1.54) is 15.8 Å². The average Bonchev–Trinajstić information content (AvgIpc) is 3.05. The molecule has 0 aliphatic heterocycles. The summed E-state index contributed by atoms with van der Waals surface area (Å²) in [5, 5.41) is 14.8. The number of fused-ring (bicyclic) bond motifs is 1. The van der Waals surface area contributed by atoms with Crippen molar-refractivity contribution < 1.29 is 5.11 Å². The number of hydrogen-bond acceptors (Lipinski definition) is 3. The van der Waals surface area contributed by atoms with E-state index < -0.39 is 6.10 Å². The van der Waals surface area contributed by atoms with Crippen molar-refractivity contribution in [2.45, 2.75) is 12.6 Å². The number of nitrogens with one attached hydrogen (secondary N) is 1. The summed E-state index contributed by atoms with van der Waals surface area (Å²) >= 11 is 1.66. The summed E-state index contributed by atoms with van der Waals surface area (Å²) in [4.78, 5) is 1.02. The second kappa shape index (κ2) is 5.79. The van der Waals surface area contributed by atoms with Gasteiger partial charge in [0.2, 0.25) is 0 Å². The van der Waals surface area contributed by atoms with Gasteiger partial charge in [0.25, 0.3) is 0 Å². The minimum Gasteiger partial charge on any atom is -0.386 e. The van der Waals surface area contributed by atoms with Crippen LogP contribution in [0.25, 0.3) is 10.1 Å². The first-order chi connectivity index (χ1) is 9.74. The normalized spacial score (nSPS) is 12.9. The van der Waals surface area contributed by atoms with E-state index in [2.05, 4.69) is 34.1 Å². The largest absolute Gasteiger partial charge is 0.386 e. The van der Waals surface area contributed by atoms with Crippen LogP contribution in [0.4, 0.5) is 0 Å². The van der Waals surface area contributed by atoms with E-state index in [9.17, 15) is 5.11 Å². The van der Waals surface area contributed by atoms with Crippen LogP contribution in [0.5, 0.6) is 0 Å². The number of rotatable bonds is 5. The third kappa shape index (κ3) is 2.77. The summed E-state index contributed by atoms with van der Waals surface area (Å²) in [5.74, 6) is 0. The van der Waals surface area contributed by atoms with Crippen LogP contribution in [0.2, 0.25) is 0 Å². The number of aromatic nitrogens is 1. The van der Waals surface area contributed by atoms with Crippen molar-refractivity contribution >= 4 is 21.4 Å². The lowest BCUT2D eigenvalue weighted by atomic mass is 10.2. The van der Waals surface area contributed by atoms with E-state index in [-0.39, 0.29) is 0 Å². The Hall–Kier alpha value is -1.62. The van der Waals surface area contributed by atoms with Gasteiger partial charge in [-0.1, -0.05) is 18.2 Å². The SMILES string of the molecule is Cn1cccc1CNCC(O)c1cc2ccccc2s1. The van der Waals surface area contributed by atoms with Crippen LogP contribution in [0.3, 0.4) is 0 Å². The molecule has 0 radical (unpaired) electrons. The number of benzene rings is 1. The molecule has 2 aromatic heterocycles. The first-order valence-corrected chi connectivity index (χ1v) is 7.53. The van der Waals surface area contributed by atoms with Crippen molar-refractivity contribution in [2.24, 2.45) is 7.05 Å². The molecule has 3 nitrogen and oxygen atoms in total. The van der Waals surface area contributed by atoms with E-state index in [0.717, 1.165) is 11.4 Å². The molecule has 1 atom stereocenters. The Balaban J connectivity index is 1.61. The number of aliphatic hydroxyl groups is 1. The van der Waals surface area contributed by atoms with Gasteiger partial charge >= 0.3 is 0 Å². The fraction of sp³-hybridized carbons (Fsp3) is 0.250. The first kappa shape index (κ1) is 13.4. The molecule has 0 saturated heterocycles. The van der Waals surface area contributed by atoms with E-state index in [1.54, 1.807) is 11.3 Å². The molecule has 3 rings (SSSR count). The molecule has 0 aliphatic carbocycles. The van der Waals surface area contributed by atoms with Gasteiger partial charge in [-0.2, -0.15) is 0 Å². The van der Waals surface area contributed by atoms with Crippen LogP contribution >= 0.6 is 11.3 Å². The molecule has 104 valence electrons. The quantitative estimate of drug-likeness (QED) is 0.756. The van der Waals surface area contributed by atoms with E-state index in [0.29, 0.717) is 6.54 Å². The maximum atomic E-state index is 10.3. The Morgan fingerprint density at radius 1 is 1.25 bits per heavy atom. The number of thiophene rings is 1. The smallest absolute Gasteiger partial charge is 0.101 e. The number of aryl methyl sites for hydroxylation is 1. The molecule has 2 heterocycles. The zero-order valence-corrected chi connectivity index (χ0v) is 12.2. The number of aliphatic hydroxyl groups excluding tert-OH is 1. The highest BCUT2D eigenvalue weighted by Crippen LogP contribution is 2.29. The Morgan fingerprint density at radius 3 is 2.85 bits per heavy atom. The van der Waals surface area contributed by atoms with Crippen LogP contribution in [0, 0.1) is 0 Å². The molecule has 0 aliphatic rings. The zero-order chi connectivity index (χ0) is 13.9. The van der Waals surface area contributed by atoms with Crippen LogP contribution < -0.4 is 5.32 Å². The predicted molar refractivity (Wildman–Crippen MR) is 83.9 cm³/mol. The van der Waals surface area contributed by atoms with Crippen molar-refractivity contribution in [1.29, 1.82) is 0 Å². The van der Waals surface area contributed by atoms with Crippen molar-refractivity contribution in [3.8, 4) is 0 Å². The minimum absolute atomic E-state index is 0.451. The third-order valence-electron chi connectivity index (χ3n) is 3.47. The van der Waals surface area contributed by atoms with Gasteiger partial charge < -0.3 is 15.0 Å². The lowest BCUT2D eigenvalue weighted by molar-refractivity contribution is 0.178. The molecule has 0 spiro atoms. The van der Waals surface area contributed by atoms with Gasteiger partial charge in [0, 0.05) is 41.6 Å².